The summed E-state index contributed by atoms with van der Waals surface area (Å²) in [6.07, 6.45) is 4.92. The number of nitrogens with zero attached hydrogens (tertiary/aromatic N) is 3. The van der Waals surface area contributed by atoms with Crippen molar-refractivity contribution in [2.24, 2.45) is 5.92 Å². The highest BCUT2D eigenvalue weighted by molar-refractivity contribution is 5.78. The Kier molecular flexibility index (Phi) is 5.22. The average molecular weight is 267 g/mol. The Bertz CT molecular complexity index is 292. The summed E-state index contributed by atoms with van der Waals surface area (Å²) >= 11 is 0. The van der Waals surface area contributed by atoms with E-state index in [0.29, 0.717) is 18.5 Å². The summed E-state index contributed by atoms with van der Waals surface area (Å²) in [6, 6.07) is 0.483. The molecule has 1 saturated heterocycles. The number of carbonyl (C=O) groups is 1. The molecule has 1 heterocycles. The molecule has 0 atom stereocenters. The van der Waals surface area contributed by atoms with Crippen molar-refractivity contribution in [1.29, 1.82) is 0 Å². The molecule has 0 aromatic heterocycles. The van der Waals surface area contributed by atoms with Crippen molar-refractivity contribution in [3.05, 3.63) is 0 Å². The Hall–Kier alpha value is -0.610. The maximum Gasteiger partial charge on any atom is 0.236 e. The molecule has 1 amide bonds. The highest BCUT2D eigenvalue weighted by Gasteiger charge is 2.26. The molecule has 2 rings (SSSR count). The first-order valence-corrected chi connectivity index (χ1v) is 7.73. The molecule has 0 bridgehead atoms. The van der Waals surface area contributed by atoms with Crippen LogP contribution in [0.3, 0.4) is 0 Å². The topological polar surface area (TPSA) is 26.8 Å². The Morgan fingerprint density at radius 3 is 2.26 bits per heavy atom. The van der Waals surface area contributed by atoms with Crippen LogP contribution in [0.5, 0.6) is 0 Å². The molecule has 0 aromatic rings. The van der Waals surface area contributed by atoms with Crippen molar-refractivity contribution in [3.63, 3.8) is 0 Å². The van der Waals surface area contributed by atoms with Crippen LogP contribution in [0.2, 0.25) is 0 Å². The van der Waals surface area contributed by atoms with E-state index in [-0.39, 0.29) is 0 Å². The number of amides is 1. The normalized spacial score (nSPS) is 30.3. The molecule has 4 nitrogen and oxygen atoms in total. The van der Waals surface area contributed by atoms with E-state index in [4.69, 9.17) is 0 Å². The lowest BCUT2D eigenvalue weighted by Gasteiger charge is -2.36. The molecule has 0 spiro atoms. The predicted octanol–water partition coefficient (Wildman–Crippen LogP) is 1.27. The summed E-state index contributed by atoms with van der Waals surface area (Å²) < 4.78 is 0. The quantitative estimate of drug-likeness (QED) is 0.770. The van der Waals surface area contributed by atoms with Crippen LogP contribution >= 0.6 is 0 Å². The van der Waals surface area contributed by atoms with Crippen LogP contribution in [-0.2, 0) is 4.79 Å². The molecule has 0 N–H and O–H groups in total. The van der Waals surface area contributed by atoms with Gasteiger partial charge in [0.2, 0.25) is 5.91 Å². The van der Waals surface area contributed by atoms with Gasteiger partial charge in [0.05, 0.1) is 6.54 Å². The van der Waals surface area contributed by atoms with Gasteiger partial charge in [-0.25, -0.2) is 0 Å². The first kappa shape index (κ1) is 14.8. The van der Waals surface area contributed by atoms with Crippen LogP contribution in [0.25, 0.3) is 0 Å². The third kappa shape index (κ3) is 4.18. The zero-order valence-corrected chi connectivity index (χ0v) is 12.8. The van der Waals surface area contributed by atoms with E-state index in [0.717, 1.165) is 32.1 Å². The standard InChI is InChI=1S/C15H29N3O/c1-13-4-6-14(7-5-13)17(3)15(19)12-18-10-8-16(2)9-11-18/h13-14H,4-12H2,1-3H3. The largest absolute Gasteiger partial charge is 0.342 e. The fourth-order valence-corrected chi connectivity index (χ4v) is 3.14. The molecule has 0 aromatic carbocycles. The van der Waals surface area contributed by atoms with Gasteiger partial charge in [-0.1, -0.05) is 6.92 Å². The first-order valence-electron chi connectivity index (χ1n) is 7.73. The molecule has 1 aliphatic heterocycles. The molecule has 2 aliphatic rings. The summed E-state index contributed by atoms with van der Waals surface area (Å²) in [4.78, 5) is 19.0. The van der Waals surface area contributed by atoms with E-state index in [1.165, 1.54) is 25.7 Å². The number of hydrogen-bond acceptors (Lipinski definition) is 3. The zero-order valence-electron chi connectivity index (χ0n) is 12.8. The Morgan fingerprint density at radius 2 is 1.68 bits per heavy atom. The molecule has 110 valence electrons. The lowest BCUT2D eigenvalue weighted by molar-refractivity contribution is -0.134. The predicted molar refractivity (Wildman–Crippen MR) is 78.1 cm³/mol. The van der Waals surface area contributed by atoms with Crippen molar-refractivity contribution in [1.82, 2.24) is 14.7 Å². The van der Waals surface area contributed by atoms with Crippen LogP contribution in [0.15, 0.2) is 0 Å². The molecule has 19 heavy (non-hydrogen) atoms. The summed E-state index contributed by atoms with van der Waals surface area (Å²) in [7, 11) is 4.15. The van der Waals surface area contributed by atoms with Gasteiger partial charge in [0.15, 0.2) is 0 Å². The average Bonchev–Trinajstić information content (AvgIpc) is 2.41. The SMILES string of the molecule is CC1CCC(N(C)C(=O)CN2CCN(C)CC2)CC1. The van der Waals surface area contributed by atoms with E-state index >= 15 is 0 Å². The molecular formula is C15H29N3O. The van der Waals surface area contributed by atoms with Crippen molar-refractivity contribution in [2.75, 3.05) is 46.8 Å². The third-order valence-corrected chi connectivity index (χ3v) is 4.88. The van der Waals surface area contributed by atoms with Gasteiger partial charge in [-0.2, -0.15) is 0 Å². The van der Waals surface area contributed by atoms with E-state index in [2.05, 4.69) is 23.8 Å². The van der Waals surface area contributed by atoms with Crippen molar-refractivity contribution in [2.45, 2.75) is 38.6 Å². The Morgan fingerprint density at radius 1 is 1.11 bits per heavy atom. The van der Waals surface area contributed by atoms with Crippen LogP contribution in [0.4, 0.5) is 0 Å². The summed E-state index contributed by atoms with van der Waals surface area (Å²) in [5.41, 5.74) is 0. The highest BCUT2D eigenvalue weighted by atomic mass is 16.2. The second-order valence-electron chi connectivity index (χ2n) is 6.50. The molecule has 2 fully saturated rings. The van der Waals surface area contributed by atoms with Gasteiger partial charge in [0.1, 0.15) is 0 Å². The second-order valence-corrected chi connectivity index (χ2v) is 6.50. The monoisotopic (exact) mass is 267 g/mol. The number of rotatable bonds is 3. The van der Waals surface area contributed by atoms with E-state index in [1.807, 2.05) is 11.9 Å². The molecule has 1 aliphatic carbocycles. The Labute approximate surface area is 117 Å². The van der Waals surface area contributed by atoms with Crippen LogP contribution < -0.4 is 0 Å². The smallest absolute Gasteiger partial charge is 0.236 e. The fourth-order valence-electron chi connectivity index (χ4n) is 3.14. The summed E-state index contributed by atoms with van der Waals surface area (Å²) in [5, 5.41) is 0. The first-order chi connectivity index (χ1) is 9.06. The number of carbonyl (C=O) groups excluding carboxylic acids is 1. The van der Waals surface area contributed by atoms with Gasteiger partial charge in [0.25, 0.3) is 0 Å². The summed E-state index contributed by atoms with van der Waals surface area (Å²) in [5.74, 6) is 1.15. The van der Waals surface area contributed by atoms with Gasteiger partial charge in [-0.15, -0.1) is 0 Å². The molecule has 4 heteroatoms. The molecule has 1 saturated carbocycles. The zero-order chi connectivity index (χ0) is 13.8. The highest BCUT2D eigenvalue weighted by Crippen LogP contribution is 2.26. The minimum atomic E-state index is 0.309. The van der Waals surface area contributed by atoms with E-state index in [1.54, 1.807) is 0 Å². The maximum absolute atomic E-state index is 12.3. The van der Waals surface area contributed by atoms with Gasteiger partial charge >= 0.3 is 0 Å². The molecule has 0 radical (unpaired) electrons. The van der Waals surface area contributed by atoms with Crippen LogP contribution in [0.1, 0.15) is 32.6 Å². The lowest BCUT2D eigenvalue weighted by Crippen LogP contribution is -2.50. The third-order valence-electron chi connectivity index (χ3n) is 4.88. The minimum Gasteiger partial charge on any atom is -0.342 e. The second kappa shape index (κ2) is 6.71. The fraction of sp³-hybridized carbons (Fsp3) is 0.933. The minimum absolute atomic E-state index is 0.309. The van der Waals surface area contributed by atoms with E-state index < -0.39 is 0 Å². The number of likely N-dealkylation sites (N-methyl/N-ethyl adjacent to an activating group) is 2. The van der Waals surface area contributed by atoms with Crippen LogP contribution in [-0.4, -0.2) is 73.5 Å². The van der Waals surface area contributed by atoms with Crippen LogP contribution in [0, 0.1) is 5.92 Å². The number of piperazine rings is 1. The molecular weight excluding hydrogens is 238 g/mol. The number of hydrogen-bond donors (Lipinski definition) is 0. The van der Waals surface area contributed by atoms with Crippen molar-refractivity contribution < 1.29 is 4.79 Å². The van der Waals surface area contributed by atoms with Crippen molar-refractivity contribution >= 4 is 5.91 Å². The van der Waals surface area contributed by atoms with Gasteiger partial charge < -0.3 is 9.80 Å². The Balaban J connectivity index is 1.76. The lowest BCUT2D eigenvalue weighted by atomic mass is 9.87. The maximum atomic E-state index is 12.3. The van der Waals surface area contributed by atoms with E-state index in [9.17, 15) is 4.79 Å². The van der Waals surface area contributed by atoms with Gasteiger partial charge in [-0.3, -0.25) is 9.69 Å². The van der Waals surface area contributed by atoms with Gasteiger partial charge in [-0.05, 0) is 38.6 Å². The molecule has 0 unspecified atom stereocenters. The summed E-state index contributed by atoms with van der Waals surface area (Å²) in [6.45, 7) is 7.14. The van der Waals surface area contributed by atoms with Gasteiger partial charge in [0, 0.05) is 39.3 Å². The van der Waals surface area contributed by atoms with Crippen molar-refractivity contribution in [3.8, 4) is 0 Å².